The van der Waals surface area contributed by atoms with Gasteiger partial charge < -0.3 is 24.8 Å². The second kappa shape index (κ2) is 14.3. The normalized spacial score (nSPS) is 24.3. The molecule has 7 heteroatoms. The van der Waals surface area contributed by atoms with Crippen LogP contribution in [-0.4, -0.2) is 52.8 Å². The number of carbonyl (C=O) groups excluding carboxylic acids is 1. The molecule has 0 heterocycles. The minimum Gasteiger partial charge on any atom is -0.491 e. The van der Waals surface area contributed by atoms with E-state index >= 15 is 0 Å². The van der Waals surface area contributed by atoms with Crippen LogP contribution in [0.2, 0.25) is 5.02 Å². The van der Waals surface area contributed by atoms with Gasteiger partial charge in [0.15, 0.2) is 0 Å². The lowest BCUT2D eigenvalue weighted by molar-refractivity contribution is -0.143. The fourth-order valence-corrected chi connectivity index (χ4v) is 4.02. The van der Waals surface area contributed by atoms with Crippen LogP contribution in [0.3, 0.4) is 0 Å². The Morgan fingerprint density at radius 2 is 2.03 bits per heavy atom. The molecule has 0 radical (unpaired) electrons. The largest absolute Gasteiger partial charge is 0.491 e. The second-order valence-electron chi connectivity index (χ2n) is 8.14. The van der Waals surface area contributed by atoms with Gasteiger partial charge in [-0.1, -0.05) is 48.9 Å². The number of esters is 1. The molecule has 6 nitrogen and oxygen atoms in total. The molecule has 1 fully saturated rings. The Labute approximate surface area is 195 Å². The number of rotatable bonds is 13. The van der Waals surface area contributed by atoms with Gasteiger partial charge >= 0.3 is 5.97 Å². The minimum absolute atomic E-state index is 0.0658. The van der Waals surface area contributed by atoms with Gasteiger partial charge in [0.25, 0.3) is 0 Å². The van der Waals surface area contributed by atoms with Crippen LogP contribution >= 0.6 is 11.6 Å². The van der Waals surface area contributed by atoms with Gasteiger partial charge in [0.05, 0.1) is 18.8 Å². The van der Waals surface area contributed by atoms with Crippen LogP contribution < -0.4 is 4.74 Å². The standard InChI is InChI=1S/C25H35ClO6/c1-2-14-31-25(30)11-6-4-3-5-10-21-22(24(29)16-23(21)28)13-12-19(27)17-32-20-9-7-8-18(26)15-20/h3-4,7-9,12-13,15,19,21-24,27-29H,2,5-6,10-11,14,16-17H2,1H3/b4-3-,13-12+/t19-,21-,22-,23+,24-/m1/s1. The van der Waals surface area contributed by atoms with Gasteiger partial charge in [-0.2, -0.15) is 0 Å². The van der Waals surface area contributed by atoms with E-state index in [1.165, 1.54) is 0 Å². The predicted octanol–water partition coefficient (Wildman–Crippen LogP) is 4.06. The third-order valence-corrected chi connectivity index (χ3v) is 5.74. The van der Waals surface area contributed by atoms with Crippen LogP contribution in [0.5, 0.6) is 5.75 Å². The van der Waals surface area contributed by atoms with Gasteiger partial charge in [0.2, 0.25) is 0 Å². The summed E-state index contributed by atoms with van der Waals surface area (Å²) >= 11 is 5.92. The number of aliphatic hydroxyl groups excluding tert-OH is 3. The van der Waals surface area contributed by atoms with Crippen LogP contribution in [0.15, 0.2) is 48.6 Å². The van der Waals surface area contributed by atoms with Gasteiger partial charge in [-0.15, -0.1) is 0 Å². The number of hydrogen-bond acceptors (Lipinski definition) is 6. The van der Waals surface area contributed by atoms with Crippen molar-refractivity contribution >= 4 is 17.6 Å². The van der Waals surface area contributed by atoms with Gasteiger partial charge in [0.1, 0.15) is 18.5 Å². The zero-order chi connectivity index (χ0) is 23.3. The summed E-state index contributed by atoms with van der Waals surface area (Å²) in [5.41, 5.74) is 0. The summed E-state index contributed by atoms with van der Waals surface area (Å²) in [5, 5.41) is 31.5. The highest BCUT2D eigenvalue weighted by molar-refractivity contribution is 6.30. The predicted molar refractivity (Wildman–Crippen MR) is 125 cm³/mol. The molecule has 5 atom stereocenters. The molecule has 3 N–H and O–H groups in total. The smallest absolute Gasteiger partial charge is 0.306 e. The molecule has 0 bridgehead atoms. The quantitative estimate of drug-likeness (QED) is 0.299. The topological polar surface area (TPSA) is 96.2 Å². The number of aliphatic hydroxyl groups is 3. The van der Waals surface area contributed by atoms with Crippen LogP contribution in [0.25, 0.3) is 0 Å². The Bertz CT molecular complexity index is 750. The summed E-state index contributed by atoms with van der Waals surface area (Å²) in [5.74, 6) is 0.0585. The van der Waals surface area contributed by atoms with E-state index in [1.807, 2.05) is 19.1 Å². The number of carbonyl (C=O) groups is 1. The van der Waals surface area contributed by atoms with E-state index < -0.39 is 18.3 Å². The van der Waals surface area contributed by atoms with Gasteiger partial charge in [-0.05, 0) is 49.8 Å². The highest BCUT2D eigenvalue weighted by atomic mass is 35.5. The molecule has 178 valence electrons. The van der Waals surface area contributed by atoms with Crippen LogP contribution in [0, 0.1) is 11.8 Å². The van der Waals surface area contributed by atoms with Crippen LogP contribution in [0.1, 0.15) is 45.4 Å². The van der Waals surface area contributed by atoms with E-state index in [9.17, 15) is 20.1 Å². The molecule has 32 heavy (non-hydrogen) atoms. The maximum Gasteiger partial charge on any atom is 0.306 e. The Hall–Kier alpha value is -1.86. The number of halogens is 1. The van der Waals surface area contributed by atoms with Gasteiger partial charge in [0, 0.05) is 23.8 Å². The second-order valence-corrected chi connectivity index (χ2v) is 8.58. The third kappa shape index (κ3) is 9.33. The van der Waals surface area contributed by atoms with Crippen molar-refractivity contribution in [1.82, 2.24) is 0 Å². The molecule has 0 aromatic heterocycles. The number of hydrogen-bond donors (Lipinski definition) is 3. The first kappa shape index (κ1) is 26.4. The fraction of sp³-hybridized carbons (Fsp3) is 0.560. The van der Waals surface area contributed by atoms with E-state index in [4.69, 9.17) is 21.1 Å². The molecule has 2 rings (SSSR count). The molecule has 0 saturated heterocycles. The minimum atomic E-state index is -0.841. The third-order valence-electron chi connectivity index (χ3n) is 5.50. The van der Waals surface area contributed by atoms with Gasteiger partial charge in [-0.3, -0.25) is 4.79 Å². The summed E-state index contributed by atoms with van der Waals surface area (Å²) in [4.78, 5) is 11.5. The summed E-state index contributed by atoms with van der Waals surface area (Å²) in [6, 6.07) is 6.95. The van der Waals surface area contributed by atoms with Crippen molar-refractivity contribution in [3.05, 3.63) is 53.6 Å². The Kier molecular flexibility index (Phi) is 11.8. The first-order chi connectivity index (χ1) is 15.4. The lowest BCUT2D eigenvalue weighted by atomic mass is 9.88. The fourth-order valence-electron chi connectivity index (χ4n) is 3.84. The Morgan fingerprint density at radius 1 is 1.25 bits per heavy atom. The molecule has 1 aliphatic rings. The summed E-state index contributed by atoms with van der Waals surface area (Å²) in [6.45, 7) is 2.48. The molecule has 1 aliphatic carbocycles. The lowest BCUT2D eigenvalue weighted by Gasteiger charge is -2.20. The molecule has 0 amide bonds. The summed E-state index contributed by atoms with van der Waals surface area (Å²) < 4.78 is 10.6. The first-order valence-corrected chi connectivity index (χ1v) is 11.7. The molecule has 1 aromatic rings. The number of allylic oxidation sites excluding steroid dienone is 2. The summed E-state index contributed by atoms with van der Waals surface area (Å²) in [7, 11) is 0. The maximum atomic E-state index is 11.5. The van der Waals surface area contributed by atoms with Crippen molar-refractivity contribution in [3.8, 4) is 5.75 Å². The van der Waals surface area contributed by atoms with Crippen LogP contribution in [-0.2, 0) is 9.53 Å². The Balaban J connectivity index is 1.76. The lowest BCUT2D eigenvalue weighted by Crippen LogP contribution is -2.22. The summed E-state index contributed by atoms with van der Waals surface area (Å²) in [6.07, 6.45) is 8.84. The van der Waals surface area contributed by atoms with Crippen molar-refractivity contribution in [2.24, 2.45) is 11.8 Å². The highest BCUT2D eigenvalue weighted by Gasteiger charge is 2.39. The zero-order valence-corrected chi connectivity index (χ0v) is 19.4. The van der Waals surface area contributed by atoms with Crippen LogP contribution in [0.4, 0.5) is 0 Å². The number of benzene rings is 1. The van der Waals surface area contributed by atoms with Crippen molar-refractivity contribution in [3.63, 3.8) is 0 Å². The average molecular weight is 467 g/mol. The highest BCUT2D eigenvalue weighted by Crippen LogP contribution is 2.37. The van der Waals surface area contributed by atoms with Crippen molar-refractivity contribution in [1.29, 1.82) is 0 Å². The molecule has 0 unspecified atom stereocenters. The molecule has 0 aliphatic heterocycles. The zero-order valence-electron chi connectivity index (χ0n) is 18.6. The van der Waals surface area contributed by atoms with E-state index in [-0.39, 0.29) is 24.4 Å². The average Bonchev–Trinajstić information content (AvgIpc) is 3.03. The van der Waals surface area contributed by atoms with E-state index in [0.717, 1.165) is 12.8 Å². The van der Waals surface area contributed by atoms with E-state index in [1.54, 1.807) is 36.4 Å². The van der Waals surface area contributed by atoms with Gasteiger partial charge in [-0.25, -0.2) is 0 Å². The molecule has 1 aromatic carbocycles. The van der Waals surface area contributed by atoms with Crippen molar-refractivity contribution in [2.45, 2.75) is 63.8 Å². The van der Waals surface area contributed by atoms with E-state index in [2.05, 4.69) is 0 Å². The molecule has 0 spiro atoms. The first-order valence-electron chi connectivity index (χ1n) is 11.3. The molecule has 1 saturated carbocycles. The monoisotopic (exact) mass is 466 g/mol. The SMILES string of the molecule is CCCOC(=O)CC/C=C\CC[C@@H]1[C@@H](/C=C/[C@@H](O)COc2cccc(Cl)c2)[C@H](O)C[C@@H]1O. The number of ether oxygens (including phenoxy) is 2. The van der Waals surface area contributed by atoms with Crippen molar-refractivity contribution in [2.75, 3.05) is 13.2 Å². The van der Waals surface area contributed by atoms with Crippen molar-refractivity contribution < 1.29 is 29.6 Å². The maximum absolute atomic E-state index is 11.5. The van der Waals surface area contributed by atoms with E-state index in [0.29, 0.717) is 43.1 Å². The molecular weight excluding hydrogens is 432 g/mol. The molecular formula is C25H35ClO6. The Morgan fingerprint density at radius 3 is 2.78 bits per heavy atom.